The van der Waals surface area contributed by atoms with Crippen molar-refractivity contribution in [3.05, 3.63) is 0 Å². The fraction of sp³-hybridized carbons (Fsp3) is 1.00. The summed E-state index contributed by atoms with van der Waals surface area (Å²) in [7, 11) is 0. The summed E-state index contributed by atoms with van der Waals surface area (Å²) in [6.45, 7) is 8.48. The fourth-order valence-corrected chi connectivity index (χ4v) is 3.06. The molecule has 3 saturated heterocycles. The summed E-state index contributed by atoms with van der Waals surface area (Å²) in [6.07, 6.45) is -0.579. The molecule has 0 aromatic rings. The second kappa shape index (κ2) is 3.65. The van der Waals surface area contributed by atoms with Gasteiger partial charge in [0.05, 0.1) is 6.61 Å². The van der Waals surface area contributed by atoms with E-state index < -0.39 is 17.4 Å². The van der Waals surface area contributed by atoms with E-state index in [0.29, 0.717) is 13.2 Å². The molecule has 6 nitrogen and oxygen atoms in total. The van der Waals surface area contributed by atoms with Gasteiger partial charge in [0.15, 0.2) is 11.6 Å². The Balaban J connectivity index is 1.90. The van der Waals surface area contributed by atoms with Crippen LogP contribution in [-0.2, 0) is 23.7 Å². The molecular weight excluding hydrogens is 238 g/mol. The Labute approximate surface area is 107 Å². The highest BCUT2D eigenvalue weighted by molar-refractivity contribution is 5.02. The van der Waals surface area contributed by atoms with E-state index in [-0.39, 0.29) is 18.3 Å². The molecule has 4 atom stereocenters. The highest BCUT2D eigenvalue weighted by Crippen LogP contribution is 2.46. The molecule has 0 spiro atoms. The van der Waals surface area contributed by atoms with E-state index in [1.165, 1.54) is 0 Å². The van der Waals surface area contributed by atoms with Crippen molar-refractivity contribution in [1.29, 1.82) is 0 Å². The molecule has 6 heteroatoms. The number of rotatable bonds is 1. The van der Waals surface area contributed by atoms with Gasteiger partial charge in [0, 0.05) is 0 Å². The lowest BCUT2D eigenvalue weighted by molar-refractivity contribution is -0.449. The molecule has 0 unspecified atom stereocenters. The molecule has 18 heavy (non-hydrogen) atoms. The predicted molar refractivity (Wildman–Crippen MR) is 60.3 cm³/mol. The number of hydrogen-bond donors (Lipinski definition) is 1. The van der Waals surface area contributed by atoms with Crippen molar-refractivity contribution in [3.63, 3.8) is 0 Å². The van der Waals surface area contributed by atoms with E-state index >= 15 is 0 Å². The van der Waals surface area contributed by atoms with E-state index in [9.17, 15) is 0 Å². The van der Waals surface area contributed by atoms with Gasteiger partial charge in [-0.3, -0.25) is 0 Å². The molecule has 0 aromatic carbocycles. The lowest BCUT2D eigenvalue weighted by atomic mass is 9.97. The summed E-state index contributed by atoms with van der Waals surface area (Å²) >= 11 is 0. The van der Waals surface area contributed by atoms with Crippen LogP contribution in [0.4, 0.5) is 0 Å². The first-order valence-corrected chi connectivity index (χ1v) is 6.44. The molecule has 3 aliphatic rings. The Morgan fingerprint density at radius 2 is 1.78 bits per heavy atom. The third-order valence-corrected chi connectivity index (χ3v) is 3.62. The zero-order valence-electron chi connectivity index (χ0n) is 11.4. The first kappa shape index (κ1) is 12.8. The van der Waals surface area contributed by atoms with E-state index in [1.54, 1.807) is 0 Å². The van der Waals surface area contributed by atoms with Gasteiger partial charge in [-0.2, -0.15) is 0 Å². The Morgan fingerprint density at radius 1 is 1.06 bits per heavy atom. The monoisotopic (exact) mass is 260 g/mol. The van der Waals surface area contributed by atoms with Gasteiger partial charge in [0.25, 0.3) is 5.79 Å². The summed E-state index contributed by atoms with van der Waals surface area (Å²) in [5.74, 6) is -2.10. The van der Waals surface area contributed by atoms with Gasteiger partial charge in [0.2, 0.25) is 0 Å². The Morgan fingerprint density at radius 3 is 2.44 bits per heavy atom. The summed E-state index contributed by atoms with van der Waals surface area (Å²) in [6, 6.07) is 0. The van der Waals surface area contributed by atoms with Crippen LogP contribution >= 0.6 is 0 Å². The molecule has 0 aromatic heterocycles. The van der Waals surface area contributed by atoms with E-state index in [4.69, 9.17) is 23.7 Å². The molecule has 3 N–H and O–H groups in total. The normalized spacial score (nSPS) is 48.8. The Bertz CT molecular complexity index is 358. The molecule has 0 radical (unpaired) electrons. The summed E-state index contributed by atoms with van der Waals surface area (Å²) in [4.78, 5) is 0. The molecular formula is C12H22NO5+. The van der Waals surface area contributed by atoms with Crippen molar-refractivity contribution in [2.45, 2.75) is 63.4 Å². The van der Waals surface area contributed by atoms with Crippen LogP contribution in [0.1, 0.15) is 27.7 Å². The zero-order chi connectivity index (χ0) is 13.2. The average Bonchev–Trinajstić information content (AvgIpc) is 2.70. The minimum absolute atomic E-state index is 0.109. The molecule has 3 fully saturated rings. The standard InChI is InChI=1S/C12H21NO5/c1-10(2)15-7-5-14-12(6-13)9(8(7)16-10)17-11(3,4)18-12/h7-9H,5-6,13H2,1-4H3/p+1/t7-,8+,9+,12-/m0/s1. The van der Waals surface area contributed by atoms with Crippen molar-refractivity contribution < 1.29 is 29.4 Å². The Kier molecular flexibility index (Phi) is 2.59. The SMILES string of the molecule is CC1(C)O[C@@H]2[C@H](CO[C@@]3(C[NH3+])OC(C)(C)O[C@H]23)O1. The maximum absolute atomic E-state index is 5.96. The third kappa shape index (κ3) is 1.79. The van der Waals surface area contributed by atoms with Crippen LogP contribution < -0.4 is 5.73 Å². The third-order valence-electron chi connectivity index (χ3n) is 3.62. The van der Waals surface area contributed by atoms with Crippen LogP contribution in [0.5, 0.6) is 0 Å². The molecule has 3 aliphatic heterocycles. The molecule has 0 bridgehead atoms. The van der Waals surface area contributed by atoms with Gasteiger partial charge < -0.3 is 29.4 Å². The van der Waals surface area contributed by atoms with Crippen LogP contribution in [0.15, 0.2) is 0 Å². The van der Waals surface area contributed by atoms with Crippen molar-refractivity contribution in [1.82, 2.24) is 0 Å². The number of quaternary nitrogens is 1. The van der Waals surface area contributed by atoms with Crippen molar-refractivity contribution in [2.24, 2.45) is 0 Å². The minimum atomic E-state index is -0.811. The molecule has 3 rings (SSSR count). The smallest absolute Gasteiger partial charge is 0.251 e. The molecule has 104 valence electrons. The minimum Gasteiger partial charge on any atom is -0.353 e. The second-order valence-electron chi connectivity index (χ2n) is 6.05. The number of fused-ring (bicyclic) bond motifs is 3. The highest BCUT2D eigenvalue weighted by atomic mass is 16.9. The van der Waals surface area contributed by atoms with Crippen LogP contribution in [-0.4, -0.2) is 48.8 Å². The van der Waals surface area contributed by atoms with Gasteiger partial charge in [-0.15, -0.1) is 0 Å². The number of ether oxygens (including phenoxy) is 5. The van der Waals surface area contributed by atoms with Gasteiger partial charge >= 0.3 is 0 Å². The van der Waals surface area contributed by atoms with Crippen LogP contribution in [0.3, 0.4) is 0 Å². The highest BCUT2D eigenvalue weighted by Gasteiger charge is 2.65. The van der Waals surface area contributed by atoms with E-state index in [1.807, 2.05) is 27.7 Å². The van der Waals surface area contributed by atoms with Gasteiger partial charge in [-0.05, 0) is 27.7 Å². The quantitative estimate of drug-likeness (QED) is 0.696. The largest absolute Gasteiger partial charge is 0.353 e. The van der Waals surface area contributed by atoms with Crippen LogP contribution in [0.2, 0.25) is 0 Å². The predicted octanol–water partition coefficient (Wildman–Crippen LogP) is -0.374. The second-order valence-corrected chi connectivity index (χ2v) is 6.05. The van der Waals surface area contributed by atoms with Crippen molar-refractivity contribution >= 4 is 0 Å². The van der Waals surface area contributed by atoms with Gasteiger partial charge in [-0.1, -0.05) is 0 Å². The maximum Gasteiger partial charge on any atom is 0.251 e. The average molecular weight is 260 g/mol. The lowest BCUT2D eigenvalue weighted by Gasteiger charge is -2.38. The first-order valence-electron chi connectivity index (χ1n) is 6.44. The van der Waals surface area contributed by atoms with Crippen LogP contribution in [0, 0.1) is 0 Å². The lowest BCUT2D eigenvalue weighted by Crippen LogP contribution is -2.70. The van der Waals surface area contributed by atoms with Crippen molar-refractivity contribution in [2.75, 3.05) is 13.2 Å². The summed E-state index contributed by atoms with van der Waals surface area (Å²) < 4.78 is 29.5. The molecule has 0 saturated carbocycles. The topological polar surface area (TPSA) is 73.8 Å². The molecule has 0 aliphatic carbocycles. The van der Waals surface area contributed by atoms with Crippen molar-refractivity contribution in [3.8, 4) is 0 Å². The summed E-state index contributed by atoms with van der Waals surface area (Å²) in [5, 5.41) is 0. The van der Waals surface area contributed by atoms with E-state index in [2.05, 4.69) is 5.73 Å². The molecule has 0 amide bonds. The van der Waals surface area contributed by atoms with Gasteiger partial charge in [0.1, 0.15) is 24.9 Å². The Hall–Kier alpha value is -0.240. The summed E-state index contributed by atoms with van der Waals surface area (Å²) in [5.41, 5.74) is 3.93. The van der Waals surface area contributed by atoms with Gasteiger partial charge in [-0.25, -0.2) is 0 Å². The zero-order valence-corrected chi connectivity index (χ0v) is 11.4. The molecule has 3 heterocycles. The van der Waals surface area contributed by atoms with Crippen LogP contribution in [0.25, 0.3) is 0 Å². The maximum atomic E-state index is 5.96. The number of hydrogen-bond acceptors (Lipinski definition) is 5. The van der Waals surface area contributed by atoms with E-state index in [0.717, 1.165) is 0 Å². The first-order chi connectivity index (χ1) is 8.27. The fourth-order valence-electron chi connectivity index (χ4n) is 3.06.